The summed E-state index contributed by atoms with van der Waals surface area (Å²) in [6.45, 7) is 3.45. The average Bonchev–Trinajstić information content (AvgIpc) is 2.40. The number of carbonyl (C=O) groups is 1. The molecule has 20 heavy (non-hydrogen) atoms. The molecule has 1 rings (SSSR count). The largest absolute Gasteiger partial charge is 0.457 e. The molecule has 8 heteroatoms. The average molecular weight is 293 g/mol. The highest BCUT2D eigenvalue weighted by Gasteiger charge is 2.46. The number of aliphatic hydroxyl groups excluding tert-OH is 4. The zero-order valence-electron chi connectivity index (χ0n) is 11.6. The van der Waals surface area contributed by atoms with E-state index in [1.54, 1.807) is 6.92 Å². The van der Waals surface area contributed by atoms with Crippen molar-refractivity contribution in [3.8, 4) is 0 Å². The quantitative estimate of drug-likeness (QED) is 0.293. The normalized spacial score (nSPS) is 35.6. The van der Waals surface area contributed by atoms with Gasteiger partial charge in [0.05, 0.1) is 0 Å². The Morgan fingerprint density at radius 2 is 1.95 bits per heavy atom. The van der Waals surface area contributed by atoms with Gasteiger partial charge in [0, 0.05) is 6.42 Å². The summed E-state index contributed by atoms with van der Waals surface area (Å²) in [4.78, 5) is 11.4. The van der Waals surface area contributed by atoms with Crippen LogP contribution in [0, 0.1) is 0 Å². The summed E-state index contributed by atoms with van der Waals surface area (Å²) >= 11 is 0. The van der Waals surface area contributed by atoms with Crippen molar-refractivity contribution in [1.29, 1.82) is 0 Å². The Morgan fingerprint density at radius 1 is 1.30 bits per heavy atom. The molecular formula is C12H23NO7. The maximum atomic E-state index is 11.4. The van der Waals surface area contributed by atoms with Crippen molar-refractivity contribution in [3.05, 3.63) is 0 Å². The zero-order valence-corrected chi connectivity index (χ0v) is 11.6. The van der Waals surface area contributed by atoms with Gasteiger partial charge >= 0.3 is 5.97 Å². The van der Waals surface area contributed by atoms with Gasteiger partial charge in [0.25, 0.3) is 0 Å². The van der Waals surface area contributed by atoms with Crippen molar-refractivity contribution in [3.63, 3.8) is 0 Å². The van der Waals surface area contributed by atoms with Crippen LogP contribution in [0.1, 0.15) is 33.1 Å². The maximum absolute atomic E-state index is 11.4. The fourth-order valence-corrected chi connectivity index (χ4v) is 1.98. The molecule has 1 aliphatic rings. The van der Waals surface area contributed by atoms with Crippen molar-refractivity contribution < 1.29 is 34.7 Å². The molecule has 0 aromatic heterocycles. The Hall–Kier alpha value is -0.770. The highest BCUT2D eigenvalue weighted by atomic mass is 16.7. The summed E-state index contributed by atoms with van der Waals surface area (Å²) in [6.07, 6.45) is -5.67. The van der Waals surface area contributed by atoms with E-state index in [1.807, 2.05) is 6.92 Å². The van der Waals surface area contributed by atoms with Gasteiger partial charge < -0.3 is 29.9 Å². The molecule has 2 unspecified atom stereocenters. The predicted molar refractivity (Wildman–Crippen MR) is 67.1 cm³/mol. The molecule has 0 aliphatic carbocycles. The van der Waals surface area contributed by atoms with Crippen molar-refractivity contribution in [1.82, 2.24) is 5.32 Å². The smallest absolute Gasteiger partial charge is 0.305 e. The maximum Gasteiger partial charge on any atom is 0.305 e. The first-order valence-corrected chi connectivity index (χ1v) is 6.73. The topological polar surface area (TPSA) is 128 Å². The van der Waals surface area contributed by atoms with Gasteiger partial charge in [-0.3, -0.25) is 10.1 Å². The molecular weight excluding hydrogens is 270 g/mol. The second-order valence-electron chi connectivity index (χ2n) is 4.71. The third-order valence-electron chi connectivity index (χ3n) is 3.07. The Bertz CT molecular complexity index is 314. The van der Waals surface area contributed by atoms with Gasteiger partial charge in [-0.15, -0.1) is 0 Å². The molecule has 0 radical (unpaired) electrons. The lowest BCUT2D eigenvalue weighted by Crippen LogP contribution is -2.65. The van der Waals surface area contributed by atoms with Crippen LogP contribution in [0.2, 0.25) is 0 Å². The van der Waals surface area contributed by atoms with Crippen LogP contribution in [0.5, 0.6) is 0 Å². The van der Waals surface area contributed by atoms with Crippen LogP contribution in [0.25, 0.3) is 0 Å². The second kappa shape index (κ2) is 7.87. The van der Waals surface area contributed by atoms with Crippen LogP contribution in [-0.4, -0.2) is 63.5 Å². The fourth-order valence-electron chi connectivity index (χ4n) is 1.98. The van der Waals surface area contributed by atoms with E-state index in [1.165, 1.54) is 0 Å². The number of nitrogens with one attached hydrogen (secondary N) is 1. The van der Waals surface area contributed by atoms with Gasteiger partial charge in [-0.1, -0.05) is 20.3 Å². The number of aliphatic hydroxyl groups is 4. The summed E-state index contributed by atoms with van der Waals surface area (Å²) in [7, 11) is 0. The molecule has 1 fully saturated rings. The molecule has 0 amide bonds. The lowest BCUT2D eigenvalue weighted by molar-refractivity contribution is -0.308. The second-order valence-corrected chi connectivity index (χ2v) is 4.71. The summed E-state index contributed by atoms with van der Waals surface area (Å²) < 4.78 is 9.75. The number of esters is 1. The minimum atomic E-state index is -1.67. The molecule has 0 aromatic rings. The van der Waals surface area contributed by atoms with Gasteiger partial charge in [-0.05, 0) is 6.42 Å². The van der Waals surface area contributed by atoms with E-state index in [9.17, 15) is 25.2 Å². The van der Waals surface area contributed by atoms with Crippen LogP contribution >= 0.6 is 0 Å². The van der Waals surface area contributed by atoms with Crippen LogP contribution in [-0.2, 0) is 14.3 Å². The molecule has 0 aromatic carbocycles. The third kappa shape index (κ3) is 4.37. The van der Waals surface area contributed by atoms with Crippen LogP contribution in [0.15, 0.2) is 0 Å². The number of hydrogen-bond acceptors (Lipinski definition) is 8. The summed E-state index contributed by atoms with van der Waals surface area (Å²) in [5.74, 6) is -0.591. The molecule has 8 nitrogen and oxygen atoms in total. The monoisotopic (exact) mass is 293 g/mol. The van der Waals surface area contributed by atoms with E-state index in [4.69, 9.17) is 9.47 Å². The van der Waals surface area contributed by atoms with Gasteiger partial charge in [-0.2, -0.15) is 0 Å². The van der Waals surface area contributed by atoms with Crippen molar-refractivity contribution in [2.75, 3.05) is 0 Å². The molecule has 1 saturated heterocycles. The number of rotatable bonds is 6. The van der Waals surface area contributed by atoms with E-state index in [-0.39, 0.29) is 6.42 Å². The van der Waals surface area contributed by atoms with E-state index < -0.39 is 43.0 Å². The van der Waals surface area contributed by atoms with Crippen molar-refractivity contribution >= 4 is 5.97 Å². The van der Waals surface area contributed by atoms with Gasteiger partial charge in [0.1, 0.15) is 18.4 Å². The van der Waals surface area contributed by atoms with Crippen LogP contribution < -0.4 is 5.32 Å². The molecule has 1 aliphatic heterocycles. The van der Waals surface area contributed by atoms with Gasteiger partial charge in [0.2, 0.25) is 0 Å². The highest BCUT2D eigenvalue weighted by Crippen LogP contribution is 2.22. The standard InChI is InChI=1S/C12H23NO7/c1-3-5-6(14)13-8-10(19-7(15)4-2)9(16)12(18)20-11(8)17/h6,8-14,16-18H,3-5H2,1-2H3/t6?,8-,9+,10-,11?,12+/m1/s1. The van der Waals surface area contributed by atoms with E-state index in [0.717, 1.165) is 0 Å². The highest BCUT2D eigenvalue weighted by molar-refractivity contribution is 5.69. The first kappa shape index (κ1) is 17.3. The summed E-state index contributed by atoms with van der Waals surface area (Å²) in [5, 5.41) is 41.4. The Morgan fingerprint density at radius 3 is 2.50 bits per heavy atom. The molecule has 5 N–H and O–H groups in total. The van der Waals surface area contributed by atoms with Crippen LogP contribution in [0.3, 0.4) is 0 Å². The Labute approximate surface area is 117 Å². The molecule has 0 spiro atoms. The first-order valence-electron chi connectivity index (χ1n) is 6.73. The first-order chi connectivity index (χ1) is 9.40. The van der Waals surface area contributed by atoms with Crippen molar-refractivity contribution in [2.24, 2.45) is 0 Å². The number of ether oxygens (including phenoxy) is 2. The van der Waals surface area contributed by atoms with Gasteiger partial charge in [-0.25, -0.2) is 0 Å². The molecule has 0 bridgehead atoms. The molecule has 0 saturated carbocycles. The Kier molecular flexibility index (Phi) is 6.80. The van der Waals surface area contributed by atoms with Crippen molar-refractivity contribution in [2.45, 2.75) is 70.2 Å². The molecule has 6 atom stereocenters. The predicted octanol–water partition coefficient (Wildman–Crippen LogP) is -1.59. The minimum absolute atomic E-state index is 0.0838. The van der Waals surface area contributed by atoms with E-state index >= 15 is 0 Å². The summed E-state index contributed by atoms with van der Waals surface area (Å²) in [5.41, 5.74) is 0. The zero-order chi connectivity index (χ0) is 15.3. The van der Waals surface area contributed by atoms with Crippen LogP contribution in [0.4, 0.5) is 0 Å². The number of hydrogen-bond donors (Lipinski definition) is 5. The molecule has 118 valence electrons. The molecule has 1 heterocycles. The lowest BCUT2D eigenvalue weighted by Gasteiger charge is -2.41. The summed E-state index contributed by atoms with van der Waals surface area (Å²) in [6, 6.07) is -1.04. The van der Waals surface area contributed by atoms with E-state index in [2.05, 4.69) is 5.32 Å². The van der Waals surface area contributed by atoms with E-state index in [0.29, 0.717) is 12.8 Å². The minimum Gasteiger partial charge on any atom is -0.457 e. The Balaban J connectivity index is 2.80. The third-order valence-corrected chi connectivity index (χ3v) is 3.07. The fraction of sp³-hybridized carbons (Fsp3) is 0.917. The lowest BCUT2D eigenvalue weighted by atomic mass is 10.0. The number of carbonyl (C=O) groups excluding carboxylic acids is 1. The SMILES string of the molecule is CCCC(O)N[C@H]1C(O)O[C@H](O)[C@@H](O)[C@@H]1OC(=O)CC. The van der Waals surface area contributed by atoms with Gasteiger partial charge in [0.15, 0.2) is 18.7 Å².